The van der Waals surface area contributed by atoms with Gasteiger partial charge < -0.3 is 4.98 Å². The van der Waals surface area contributed by atoms with Crippen molar-refractivity contribution >= 4 is 10.9 Å². The zero-order valence-electron chi connectivity index (χ0n) is 15.2. The Hall–Kier alpha value is -1.24. The van der Waals surface area contributed by atoms with Crippen molar-refractivity contribution < 1.29 is 0 Å². The van der Waals surface area contributed by atoms with Crippen LogP contribution in [0.15, 0.2) is 18.2 Å². The van der Waals surface area contributed by atoms with Crippen LogP contribution in [0.3, 0.4) is 0 Å². The lowest BCUT2D eigenvalue weighted by Crippen LogP contribution is -2.16. The molecule has 0 radical (unpaired) electrons. The highest BCUT2D eigenvalue weighted by molar-refractivity contribution is 5.86. The summed E-state index contributed by atoms with van der Waals surface area (Å²) >= 11 is 0. The second-order valence-electron chi connectivity index (χ2n) is 9.42. The van der Waals surface area contributed by atoms with Gasteiger partial charge in [-0.05, 0) is 34.1 Å². The Bertz CT molecular complexity index is 652. The summed E-state index contributed by atoms with van der Waals surface area (Å²) in [5, 5.41) is 1.38. The summed E-state index contributed by atoms with van der Waals surface area (Å²) in [6, 6.07) is 7.09. The number of nitrogens with one attached hydrogen (secondary N) is 1. The Labute approximate surface area is 130 Å². The number of aromatic amines is 1. The fourth-order valence-electron chi connectivity index (χ4n) is 2.70. The van der Waals surface area contributed by atoms with Crippen molar-refractivity contribution in [2.75, 3.05) is 0 Å². The molecule has 2 aromatic rings. The number of fused-ring (bicyclic) bond motifs is 1. The number of rotatable bonds is 0. The van der Waals surface area contributed by atoms with E-state index in [4.69, 9.17) is 0 Å². The second kappa shape index (κ2) is 4.63. The molecule has 0 aliphatic heterocycles. The van der Waals surface area contributed by atoms with Crippen molar-refractivity contribution in [3.63, 3.8) is 0 Å². The molecule has 2 rings (SSSR count). The van der Waals surface area contributed by atoms with Crippen molar-refractivity contribution in [2.24, 2.45) is 0 Å². The first-order valence-electron chi connectivity index (χ1n) is 7.98. The number of aromatic nitrogens is 1. The summed E-state index contributed by atoms with van der Waals surface area (Å²) in [5.41, 5.74) is 5.90. The summed E-state index contributed by atoms with van der Waals surface area (Å²) in [4.78, 5) is 3.66. The predicted octanol–water partition coefficient (Wildman–Crippen LogP) is 6.06. The average molecular weight is 285 g/mol. The van der Waals surface area contributed by atoms with Gasteiger partial charge in [-0.3, -0.25) is 0 Å². The van der Waals surface area contributed by atoms with Gasteiger partial charge in [0.1, 0.15) is 0 Å². The molecule has 1 aromatic carbocycles. The van der Waals surface area contributed by atoms with Crippen LogP contribution in [0.1, 0.15) is 79.1 Å². The van der Waals surface area contributed by atoms with Crippen LogP contribution in [-0.4, -0.2) is 4.98 Å². The van der Waals surface area contributed by atoms with Gasteiger partial charge in [-0.2, -0.15) is 0 Å². The molecule has 21 heavy (non-hydrogen) atoms. The minimum atomic E-state index is 0.149. The fourth-order valence-corrected chi connectivity index (χ4v) is 2.70. The minimum Gasteiger partial charge on any atom is -0.358 e. The average Bonchev–Trinajstić information content (AvgIpc) is 2.67. The van der Waals surface area contributed by atoms with Gasteiger partial charge >= 0.3 is 0 Å². The molecule has 1 heterocycles. The maximum atomic E-state index is 3.66. The molecule has 0 aliphatic carbocycles. The molecule has 0 atom stereocenters. The summed E-state index contributed by atoms with van der Waals surface area (Å²) in [5.74, 6) is 0. The number of H-pyrrole nitrogens is 1. The molecular formula is C20H31N. The topological polar surface area (TPSA) is 15.8 Å². The molecule has 1 heteroatoms. The zero-order valence-corrected chi connectivity index (χ0v) is 15.2. The van der Waals surface area contributed by atoms with Gasteiger partial charge in [-0.15, -0.1) is 0 Å². The lowest BCUT2D eigenvalue weighted by molar-refractivity contribution is 0.573. The third-order valence-corrected chi connectivity index (χ3v) is 4.22. The van der Waals surface area contributed by atoms with E-state index in [9.17, 15) is 0 Å². The molecule has 0 spiro atoms. The maximum absolute atomic E-state index is 3.66. The number of hydrogen-bond acceptors (Lipinski definition) is 0. The quantitative estimate of drug-likeness (QED) is 0.605. The van der Waals surface area contributed by atoms with Crippen LogP contribution < -0.4 is 0 Å². The van der Waals surface area contributed by atoms with Crippen molar-refractivity contribution in [3.8, 4) is 0 Å². The molecule has 116 valence electrons. The normalized spacial score (nSPS) is 14.0. The SMILES string of the molecule is CC(C)(C)c1cc(C(C)(C)C)c2cc(C(C)(C)C)[nH]c2c1. The first-order valence-corrected chi connectivity index (χ1v) is 7.98. The van der Waals surface area contributed by atoms with Crippen LogP contribution >= 0.6 is 0 Å². The Morgan fingerprint density at radius 1 is 0.667 bits per heavy atom. The van der Waals surface area contributed by atoms with E-state index in [2.05, 4.69) is 85.5 Å². The van der Waals surface area contributed by atoms with E-state index < -0.39 is 0 Å². The zero-order chi connectivity index (χ0) is 16.2. The molecule has 0 fully saturated rings. The summed E-state index contributed by atoms with van der Waals surface area (Å²) < 4.78 is 0. The van der Waals surface area contributed by atoms with E-state index in [0.717, 1.165) is 0 Å². The van der Waals surface area contributed by atoms with Gasteiger partial charge in [-0.25, -0.2) is 0 Å². The predicted molar refractivity (Wildman–Crippen MR) is 94.4 cm³/mol. The van der Waals surface area contributed by atoms with Crippen molar-refractivity contribution in [1.82, 2.24) is 4.98 Å². The number of benzene rings is 1. The van der Waals surface area contributed by atoms with Crippen LogP contribution in [0.25, 0.3) is 10.9 Å². The van der Waals surface area contributed by atoms with E-state index in [1.807, 2.05) is 0 Å². The van der Waals surface area contributed by atoms with Crippen molar-refractivity contribution in [1.29, 1.82) is 0 Å². The van der Waals surface area contributed by atoms with E-state index >= 15 is 0 Å². The molecule has 1 N–H and O–H groups in total. The Morgan fingerprint density at radius 2 is 1.24 bits per heavy atom. The van der Waals surface area contributed by atoms with Crippen LogP contribution in [-0.2, 0) is 16.2 Å². The second-order valence-corrected chi connectivity index (χ2v) is 9.42. The molecule has 0 saturated carbocycles. The summed E-state index contributed by atoms with van der Waals surface area (Å²) in [6.07, 6.45) is 0. The van der Waals surface area contributed by atoms with E-state index in [1.54, 1.807) is 0 Å². The van der Waals surface area contributed by atoms with Crippen molar-refractivity contribution in [3.05, 3.63) is 35.0 Å². The van der Waals surface area contributed by atoms with Crippen LogP contribution in [0.4, 0.5) is 0 Å². The third-order valence-electron chi connectivity index (χ3n) is 4.22. The van der Waals surface area contributed by atoms with Gasteiger partial charge in [0.15, 0.2) is 0 Å². The monoisotopic (exact) mass is 285 g/mol. The highest BCUT2D eigenvalue weighted by Crippen LogP contribution is 2.37. The smallest absolute Gasteiger partial charge is 0.0462 e. The van der Waals surface area contributed by atoms with E-state index in [-0.39, 0.29) is 16.2 Å². The summed E-state index contributed by atoms with van der Waals surface area (Å²) in [7, 11) is 0. The molecule has 1 nitrogen and oxygen atoms in total. The van der Waals surface area contributed by atoms with Gasteiger partial charge in [-0.1, -0.05) is 68.4 Å². The molecular weight excluding hydrogens is 254 g/mol. The molecule has 0 saturated heterocycles. The van der Waals surface area contributed by atoms with Crippen LogP contribution in [0.2, 0.25) is 0 Å². The lowest BCUT2D eigenvalue weighted by atomic mass is 9.79. The van der Waals surface area contributed by atoms with E-state index in [1.165, 1.54) is 27.7 Å². The summed E-state index contributed by atoms with van der Waals surface area (Å²) in [6.45, 7) is 20.6. The standard InChI is InChI=1S/C20H31N/c1-18(2,3)13-10-15(19(4,5)6)14-12-17(20(7,8)9)21-16(14)11-13/h10-12,21H,1-9H3. The third kappa shape index (κ3) is 3.17. The molecule has 0 unspecified atom stereocenters. The van der Waals surface area contributed by atoms with Crippen molar-refractivity contribution in [2.45, 2.75) is 78.6 Å². The molecule has 0 amide bonds. The lowest BCUT2D eigenvalue weighted by Gasteiger charge is -2.25. The Balaban J connectivity index is 2.81. The van der Waals surface area contributed by atoms with E-state index in [0.29, 0.717) is 0 Å². The first kappa shape index (κ1) is 16.1. The van der Waals surface area contributed by atoms with Gasteiger partial charge in [0, 0.05) is 22.0 Å². The van der Waals surface area contributed by atoms with Gasteiger partial charge in [0.05, 0.1) is 0 Å². The minimum absolute atomic E-state index is 0.149. The highest BCUT2D eigenvalue weighted by Gasteiger charge is 2.25. The molecule has 0 bridgehead atoms. The maximum Gasteiger partial charge on any atom is 0.0462 e. The van der Waals surface area contributed by atoms with Gasteiger partial charge in [0.2, 0.25) is 0 Å². The Kier molecular flexibility index (Phi) is 3.56. The van der Waals surface area contributed by atoms with Crippen LogP contribution in [0.5, 0.6) is 0 Å². The molecule has 1 aromatic heterocycles. The fraction of sp³-hybridized carbons (Fsp3) is 0.600. The first-order chi connectivity index (χ1) is 9.30. The Morgan fingerprint density at radius 3 is 1.67 bits per heavy atom. The number of hydrogen-bond donors (Lipinski definition) is 1. The van der Waals surface area contributed by atoms with Crippen LogP contribution in [0, 0.1) is 0 Å². The van der Waals surface area contributed by atoms with Gasteiger partial charge in [0.25, 0.3) is 0 Å². The largest absolute Gasteiger partial charge is 0.358 e. The molecule has 0 aliphatic rings. The highest BCUT2D eigenvalue weighted by atomic mass is 14.7.